The van der Waals surface area contributed by atoms with Crippen LogP contribution in [-0.2, 0) is 32.6 Å². The van der Waals surface area contributed by atoms with E-state index in [-0.39, 0.29) is 23.8 Å². The molecule has 4 aromatic rings. The molecule has 4 rings (SSSR count). The summed E-state index contributed by atoms with van der Waals surface area (Å²) in [6, 6.07) is 32.0. The minimum Gasteiger partial charge on any atom is -0.355 e. The van der Waals surface area contributed by atoms with Gasteiger partial charge in [0.2, 0.25) is 11.8 Å². The van der Waals surface area contributed by atoms with Crippen LogP contribution in [0.4, 0.5) is 5.69 Å². The molecule has 0 saturated heterocycles. The van der Waals surface area contributed by atoms with Gasteiger partial charge < -0.3 is 10.2 Å². The summed E-state index contributed by atoms with van der Waals surface area (Å²) in [7, 11) is -4.11. The van der Waals surface area contributed by atoms with E-state index < -0.39 is 28.5 Å². The van der Waals surface area contributed by atoms with E-state index in [9.17, 15) is 18.0 Å². The Morgan fingerprint density at radius 1 is 0.805 bits per heavy atom. The summed E-state index contributed by atoms with van der Waals surface area (Å²) in [6.07, 6.45) is 0.246. The molecule has 0 heterocycles. The molecule has 212 valence electrons. The molecule has 0 unspecified atom stereocenters. The first-order valence-electron chi connectivity index (χ1n) is 13.3. The molecule has 2 amide bonds. The third kappa shape index (κ3) is 7.74. The standard InChI is InChI=1S/C32H32ClN3O4S/c1-2-34-32(38)30(22-25-13-6-3-7-14-25)35(23-26-15-12-16-27(33)21-26)31(37)24-36(28-17-8-4-9-18-28)41(39,40)29-19-10-5-11-20-29/h3-21,30H,2,22-24H2,1H3,(H,34,38)/t30-/m1/s1. The summed E-state index contributed by atoms with van der Waals surface area (Å²) in [5, 5.41) is 3.34. The minimum absolute atomic E-state index is 0.0576. The normalized spacial score (nSPS) is 11.9. The van der Waals surface area contributed by atoms with Gasteiger partial charge in [-0.15, -0.1) is 0 Å². The lowest BCUT2D eigenvalue weighted by atomic mass is 10.0. The Balaban J connectivity index is 1.77. The molecule has 0 spiro atoms. The molecule has 9 heteroatoms. The number of rotatable bonds is 12. The predicted octanol–water partition coefficient (Wildman–Crippen LogP) is 5.31. The zero-order chi connectivity index (χ0) is 29.2. The molecule has 0 radical (unpaired) electrons. The Hall–Kier alpha value is -4.14. The van der Waals surface area contributed by atoms with Gasteiger partial charge in [-0.05, 0) is 54.4 Å². The van der Waals surface area contributed by atoms with Gasteiger partial charge in [0.15, 0.2) is 0 Å². The van der Waals surface area contributed by atoms with Gasteiger partial charge >= 0.3 is 0 Å². The van der Waals surface area contributed by atoms with E-state index in [0.717, 1.165) is 9.87 Å². The number of carbonyl (C=O) groups excluding carboxylic acids is 2. The van der Waals surface area contributed by atoms with Crippen molar-refractivity contribution in [1.29, 1.82) is 0 Å². The number of nitrogens with one attached hydrogen (secondary N) is 1. The average Bonchev–Trinajstić information content (AvgIpc) is 2.99. The smallest absolute Gasteiger partial charge is 0.264 e. The van der Waals surface area contributed by atoms with Crippen molar-refractivity contribution in [2.24, 2.45) is 0 Å². The van der Waals surface area contributed by atoms with E-state index in [2.05, 4.69) is 5.32 Å². The van der Waals surface area contributed by atoms with Crippen molar-refractivity contribution >= 4 is 39.1 Å². The maximum Gasteiger partial charge on any atom is 0.264 e. The van der Waals surface area contributed by atoms with Crippen LogP contribution < -0.4 is 9.62 Å². The second kappa shape index (κ2) is 14.0. The van der Waals surface area contributed by atoms with Gasteiger partial charge in [0, 0.05) is 24.5 Å². The number of hydrogen-bond donors (Lipinski definition) is 1. The van der Waals surface area contributed by atoms with E-state index >= 15 is 0 Å². The number of benzene rings is 4. The van der Waals surface area contributed by atoms with Crippen molar-refractivity contribution in [3.05, 3.63) is 131 Å². The number of sulfonamides is 1. The van der Waals surface area contributed by atoms with E-state index in [1.54, 1.807) is 66.7 Å². The summed E-state index contributed by atoms with van der Waals surface area (Å²) < 4.78 is 28.8. The highest BCUT2D eigenvalue weighted by molar-refractivity contribution is 7.92. The second-order valence-electron chi connectivity index (χ2n) is 9.41. The number of amides is 2. The largest absolute Gasteiger partial charge is 0.355 e. The summed E-state index contributed by atoms with van der Waals surface area (Å²) in [4.78, 5) is 29.2. The van der Waals surface area contributed by atoms with Crippen molar-refractivity contribution < 1.29 is 18.0 Å². The Labute approximate surface area is 246 Å². The number of nitrogens with zero attached hydrogens (tertiary/aromatic N) is 2. The Morgan fingerprint density at radius 3 is 2.00 bits per heavy atom. The van der Waals surface area contributed by atoms with Crippen LogP contribution in [-0.4, -0.2) is 44.3 Å². The van der Waals surface area contributed by atoms with Crippen molar-refractivity contribution in [1.82, 2.24) is 10.2 Å². The SMILES string of the molecule is CCNC(=O)[C@@H](Cc1ccccc1)N(Cc1cccc(Cl)c1)C(=O)CN(c1ccccc1)S(=O)(=O)c1ccccc1. The van der Waals surface area contributed by atoms with Crippen LogP contribution in [0.15, 0.2) is 120 Å². The first-order valence-corrected chi connectivity index (χ1v) is 15.1. The molecule has 0 bridgehead atoms. The Kier molecular flexibility index (Phi) is 10.2. The quantitative estimate of drug-likeness (QED) is 0.243. The lowest BCUT2D eigenvalue weighted by Crippen LogP contribution is -2.53. The minimum atomic E-state index is -4.11. The molecule has 0 aliphatic heterocycles. The van der Waals surface area contributed by atoms with Crippen LogP contribution in [0.1, 0.15) is 18.1 Å². The van der Waals surface area contributed by atoms with Crippen LogP contribution >= 0.6 is 11.6 Å². The summed E-state index contributed by atoms with van der Waals surface area (Å²) in [5.41, 5.74) is 1.92. The third-order valence-corrected chi connectivity index (χ3v) is 8.54. The van der Waals surface area contributed by atoms with E-state index in [4.69, 9.17) is 11.6 Å². The van der Waals surface area contributed by atoms with Gasteiger partial charge in [-0.1, -0.05) is 90.5 Å². The van der Waals surface area contributed by atoms with Crippen molar-refractivity contribution in [2.75, 3.05) is 17.4 Å². The van der Waals surface area contributed by atoms with Gasteiger partial charge in [-0.2, -0.15) is 0 Å². The molecule has 1 atom stereocenters. The van der Waals surface area contributed by atoms with Crippen molar-refractivity contribution in [3.8, 4) is 0 Å². The molecular weight excluding hydrogens is 558 g/mol. The maximum atomic E-state index is 14.2. The molecular formula is C32H32ClN3O4S. The lowest BCUT2D eigenvalue weighted by Gasteiger charge is -2.33. The number of halogens is 1. The zero-order valence-electron chi connectivity index (χ0n) is 22.7. The molecule has 7 nitrogen and oxygen atoms in total. The molecule has 0 aliphatic carbocycles. The average molecular weight is 590 g/mol. The number of para-hydroxylation sites is 1. The summed E-state index contributed by atoms with van der Waals surface area (Å²) >= 11 is 6.25. The van der Waals surface area contributed by atoms with Gasteiger partial charge in [0.25, 0.3) is 10.0 Å². The summed E-state index contributed by atoms with van der Waals surface area (Å²) in [6.45, 7) is 1.74. The fourth-order valence-electron chi connectivity index (χ4n) is 4.52. The molecule has 0 aliphatic rings. The first kappa shape index (κ1) is 29.8. The lowest BCUT2D eigenvalue weighted by molar-refractivity contribution is -0.140. The van der Waals surface area contributed by atoms with Gasteiger partial charge in [0.1, 0.15) is 12.6 Å². The van der Waals surface area contributed by atoms with E-state index in [1.807, 2.05) is 43.3 Å². The highest BCUT2D eigenvalue weighted by atomic mass is 35.5. The number of carbonyl (C=O) groups is 2. The third-order valence-electron chi connectivity index (χ3n) is 6.52. The fourth-order valence-corrected chi connectivity index (χ4v) is 6.17. The number of likely N-dealkylation sites (N-methyl/N-ethyl adjacent to an activating group) is 1. The van der Waals surface area contributed by atoms with Crippen LogP contribution in [0.5, 0.6) is 0 Å². The first-order chi connectivity index (χ1) is 19.8. The van der Waals surface area contributed by atoms with Gasteiger partial charge in [-0.25, -0.2) is 8.42 Å². The Bertz CT molecular complexity index is 1550. The molecule has 1 N–H and O–H groups in total. The highest BCUT2D eigenvalue weighted by Crippen LogP contribution is 2.25. The van der Waals surface area contributed by atoms with E-state index in [1.165, 1.54) is 17.0 Å². The topological polar surface area (TPSA) is 86.8 Å². The molecule has 0 saturated carbocycles. The molecule has 4 aromatic carbocycles. The number of anilines is 1. The zero-order valence-corrected chi connectivity index (χ0v) is 24.3. The van der Waals surface area contributed by atoms with Crippen LogP contribution in [0, 0.1) is 0 Å². The van der Waals surface area contributed by atoms with Crippen LogP contribution in [0.3, 0.4) is 0 Å². The predicted molar refractivity (Wildman–Crippen MR) is 162 cm³/mol. The van der Waals surface area contributed by atoms with Gasteiger partial charge in [-0.3, -0.25) is 13.9 Å². The maximum absolute atomic E-state index is 14.2. The second-order valence-corrected chi connectivity index (χ2v) is 11.7. The van der Waals surface area contributed by atoms with Crippen LogP contribution in [0.25, 0.3) is 0 Å². The summed E-state index contributed by atoms with van der Waals surface area (Å²) in [5.74, 6) is -0.857. The Morgan fingerprint density at radius 2 is 1.39 bits per heavy atom. The molecule has 41 heavy (non-hydrogen) atoms. The van der Waals surface area contributed by atoms with E-state index in [0.29, 0.717) is 22.8 Å². The van der Waals surface area contributed by atoms with Gasteiger partial charge in [0.05, 0.1) is 10.6 Å². The van der Waals surface area contributed by atoms with Crippen LogP contribution in [0.2, 0.25) is 5.02 Å². The fraction of sp³-hybridized carbons (Fsp3) is 0.188. The monoisotopic (exact) mass is 589 g/mol. The van der Waals surface area contributed by atoms with Crippen molar-refractivity contribution in [3.63, 3.8) is 0 Å². The molecule has 0 aromatic heterocycles. The number of hydrogen-bond acceptors (Lipinski definition) is 4. The van der Waals surface area contributed by atoms with Crippen molar-refractivity contribution in [2.45, 2.75) is 30.8 Å². The molecule has 0 fully saturated rings. The highest BCUT2D eigenvalue weighted by Gasteiger charge is 2.34.